The molecule has 0 bridgehead atoms. The first-order valence-electron chi connectivity index (χ1n) is 13.3. The summed E-state index contributed by atoms with van der Waals surface area (Å²) in [5, 5.41) is 3.40. The fourth-order valence-electron chi connectivity index (χ4n) is 3.97. The molecule has 11 heteroatoms. The van der Waals surface area contributed by atoms with Gasteiger partial charge >= 0.3 is 0 Å². The molecule has 0 aliphatic rings. The molecule has 0 saturated carbocycles. The first-order valence-corrected chi connectivity index (χ1v) is 15.1. The van der Waals surface area contributed by atoms with E-state index in [1.165, 1.54) is 41.3 Å². The highest BCUT2D eigenvalue weighted by atomic mass is 35.5. The van der Waals surface area contributed by atoms with E-state index >= 15 is 0 Å². The van der Waals surface area contributed by atoms with Crippen LogP contribution in [0.15, 0.2) is 77.7 Å². The van der Waals surface area contributed by atoms with Gasteiger partial charge in [-0.25, -0.2) is 12.8 Å². The number of rotatable bonds is 13. The van der Waals surface area contributed by atoms with Crippen molar-refractivity contribution >= 4 is 39.1 Å². The van der Waals surface area contributed by atoms with E-state index in [1.54, 1.807) is 31.2 Å². The third kappa shape index (κ3) is 8.43. The number of benzene rings is 3. The monoisotopic (exact) mass is 603 g/mol. The van der Waals surface area contributed by atoms with Crippen molar-refractivity contribution in [2.24, 2.45) is 0 Å². The van der Waals surface area contributed by atoms with Crippen molar-refractivity contribution in [1.82, 2.24) is 10.2 Å². The molecule has 0 saturated heterocycles. The zero-order valence-corrected chi connectivity index (χ0v) is 25.1. The number of amides is 2. The molecular formula is C30H35ClFN3O5S. The summed E-state index contributed by atoms with van der Waals surface area (Å²) in [5.41, 5.74) is 0.797. The van der Waals surface area contributed by atoms with Crippen LogP contribution < -0.4 is 14.4 Å². The SMILES string of the molecule is CCOc1ccc(S(=O)(=O)N(CC(=O)N(Cc2ccc(Cl)cc2)C(C)C(=O)NC(C)CC)c2ccc(F)cc2)cc1. The number of carbonyl (C=O) groups is 2. The number of ether oxygens (including phenoxy) is 1. The first-order chi connectivity index (χ1) is 19.5. The summed E-state index contributed by atoms with van der Waals surface area (Å²) in [5.74, 6) is -1.06. The summed E-state index contributed by atoms with van der Waals surface area (Å²) < 4.78 is 47.8. The topological polar surface area (TPSA) is 96.0 Å². The summed E-state index contributed by atoms with van der Waals surface area (Å²) in [7, 11) is -4.28. The second-order valence-corrected chi connectivity index (χ2v) is 11.8. The Bertz CT molecular complexity index is 1420. The Hall–Kier alpha value is -3.63. The lowest BCUT2D eigenvalue weighted by atomic mass is 10.1. The Morgan fingerprint density at radius 3 is 2.12 bits per heavy atom. The highest BCUT2D eigenvalue weighted by Crippen LogP contribution is 2.26. The van der Waals surface area contributed by atoms with E-state index in [1.807, 2.05) is 20.8 Å². The molecule has 2 atom stereocenters. The third-order valence-corrected chi connectivity index (χ3v) is 8.59. The molecule has 3 rings (SSSR count). The van der Waals surface area contributed by atoms with E-state index in [0.29, 0.717) is 29.4 Å². The van der Waals surface area contributed by atoms with Crippen LogP contribution in [0.5, 0.6) is 5.75 Å². The van der Waals surface area contributed by atoms with Crippen LogP contribution in [-0.4, -0.2) is 50.4 Å². The van der Waals surface area contributed by atoms with Crippen molar-refractivity contribution in [2.45, 2.75) is 57.6 Å². The van der Waals surface area contributed by atoms with E-state index < -0.39 is 34.3 Å². The van der Waals surface area contributed by atoms with Crippen molar-refractivity contribution in [3.63, 3.8) is 0 Å². The third-order valence-electron chi connectivity index (χ3n) is 6.55. The van der Waals surface area contributed by atoms with E-state index in [0.717, 1.165) is 16.4 Å². The summed E-state index contributed by atoms with van der Waals surface area (Å²) >= 11 is 6.03. The molecule has 0 aliphatic carbocycles. The van der Waals surface area contributed by atoms with Crippen molar-refractivity contribution in [3.8, 4) is 5.75 Å². The van der Waals surface area contributed by atoms with Gasteiger partial charge in [0.25, 0.3) is 10.0 Å². The van der Waals surface area contributed by atoms with Gasteiger partial charge in [-0.3, -0.25) is 13.9 Å². The number of nitrogens with one attached hydrogen (secondary N) is 1. The van der Waals surface area contributed by atoms with Crippen LogP contribution in [0.4, 0.5) is 10.1 Å². The molecule has 3 aromatic carbocycles. The van der Waals surface area contributed by atoms with Gasteiger partial charge in [0.2, 0.25) is 11.8 Å². The number of anilines is 1. The van der Waals surface area contributed by atoms with Crippen molar-refractivity contribution in [1.29, 1.82) is 0 Å². The Labute approximate surface area is 246 Å². The predicted molar refractivity (Wildman–Crippen MR) is 158 cm³/mol. The normalized spacial score (nSPS) is 12.7. The van der Waals surface area contributed by atoms with Gasteiger partial charge < -0.3 is 15.0 Å². The number of hydrogen-bond donors (Lipinski definition) is 1. The lowest BCUT2D eigenvalue weighted by Gasteiger charge is -2.32. The fourth-order valence-corrected chi connectivity index (χ4v) is 5.51. The number of sulfonamides is 1. The Morgan fingerprint density at radius 2 is 1.56 bits per heavy atom. The molecule has 2 amide bonds. The highest BCUT2D eigenvalue weighted by Gasteiger charge is 2.33. The number of hydrogen-bond acceptors (Lipinski definition) is 5. The van der Waals surface area contributed by atoms with Gasteiger partial charge in [-0.05, 0) is 93.4 Å². The van der Waals surface area contributed by atoms with Crippen LogP contribution in [-0.2, 0) is 26.2 Å². The van der Waals surface area contributed by atoms with Gasteiger partial charge in [0, 0.05) is 17.6 Å². The summed E-state index contributed by atoms with van der Waals surface area (Å²) in [4.78, 5) is 28.2. The quantitative estimate of drug-likeness (QED) is 0.282. The molecule has 0 aromatic heterocycles. The van der Waals surface area contributed by atoms with Crippen molar-refractivity contribution in [2.75, 3.05) is 17.5 Å². The smallest absolute Gasteiger partial charge is 0.264 e. The summed E-state index contributed by atoms with van der Waals surface area (Å²) in [6.07, 6.45) is 0.697. The molecule has 3 aromatic rings. The van der Waals surface area contributed by atoms with E-state index in [9.17, 15) is 22.4 Å². The lowest BCUT2D eigenvalue weighted by molar-refractivity contribution is -0.139. The van der Waals surface area contributed by atoms with Gasteiger partial charge in [-0.2, -0.15) is 0 Å². The average Bonchev–Trinajstić information content (AvgIpc) is 2.96. The zero-order valence-electron chi connectivity index (χ0n) is 23.5. The zero-order chi connectivity index (χ0) is 30.2. The average molecular weight is 604 g/mol. The minimum absolute atomic E-state index is 0.0332. The molecule has 0 radical (unpaired) electrons. The molecule has 41 heavy (non-hydrogen) atoms. The largest absolute Gasteiger partial charge is 0.494 e. The molecule has 220 valence electrons. The highest BCUT2D eigenvalue weighted by molar-refractivity contribution is 7.92. The maximum absolute atomic E-state index is 13.9. The number of carbonyl (C=O) groups excluding carboxylic acids is 2. The van der Waals surface area contributed by atoms with E-state index in [-0.39, 0.29) is 29.1 Å². The minimum atomic E-state index is -4.28. The Kier molecular flexibility index (Phi) is 11.1. The molecule has 0 fully saturated rings. The van der Waals surface area contributed by atoms with Crippen LogP contribution in [0.2, 0.25) is 5.02 Å². The molecule has 2 unspecified atom stereocenters. The van der Waals surface area contributed by atoms with E-state index in [2.05, 4.69) is 5.32 Å². The minimum Gasteiger partial charge on any atom is -0.494 e. The Balaban J connectivity index is 2.01. The van der Waals surface area contributed by atoms with Gasteiger partial charge in [0.15, 0.2) is 0 Å². The molecule has 0 aliphatic heterocycles. The summed E-state index contributed by atoms with van der Waals surface area (Å²) in [6, 6.07) is 16.4. The van der Waals surface area contributed by atoms with Crippen LogP contribution in [0.25, 0.3) is 0 Å². The van der Waals surface area contributed by atoms with Crippen LogP contribution in [0.1, 0.15) is 39.7 Å². The van der Waals surface area contributed by atoms with Gasteiger partial charge in [0.1, 0.15) is 24.2 Å². The fraction of sp³-hybridized carbons (Fsp3) is 0.333. The lowest BCUT2D eigenvalue weighted by Crippen LogP contribution is -2.52. The molecule has 8 nitrogen and oxygen atoms in total. The number of nitrogens with zero attached hydrogens (tertiary/aromatic N) is 2. The molecular weight excluding hydrogens is 569 g/mol. The Morgan fingerprint density at radius 1 is 0.951 bits per heavy atom. The van der Waals surface area contributed by atoms with Crippen LogP contribution in [0.3, 0.4) is 0 Å². The molecule has 1 N–H and O–H groups in total. The van der Waals surface area contributed by atoms with Gasteiger partial charge in [-0.15, -0.1) is 0 Å². The molecule has 0 spiro atoms. The van der Waals surface area contributed by atoms with E-state index in [4.69, 9.17) is 16.3 Å². The van der Waals surface area contributed by atoms with Gasteiger partial charge in [0.05, 0.1) is 17.2 Å². The van der Waals surface area contributed by atoms with Crippen molar-refractivity contribution in [3.05, 3.63) is 89.2 Å². The second kappa shape index (κ2) is 14.3. The second-order valence-electron chi connectivity index (χ2n) is 9.53. The van der Waals surface area contributed by atoms with Gasteiger partial charge in [-0.1, -0.05) is 30.7 Å². The summed E-state index contributed by atoms with van der Waals surface area (Å²) in [6.45, 7) is 7.01. The van der Waals surface area contributed by atoms with Crippen LogP contribution in [0, 0.1) is 5.82 Å². The standard InChI is InChI=1S/C30H35ClFN3O5S/c1-5-21(3)33-30(37)22(4)34(19-23-7-9-24(31)10-8-23)29(36)20-35(26-13-11-25(32)12-14-26)41(38,39)28-17-15-27(16-18-28)40-6-2/h7-18,21-22H,5-6,19-20H2,1-4H3,(H,33,37). The number of halogens is 2. The first kappa shape index (κ1) is 31.9. The van der Waals surface area contributed by atoms with Crippen LogP contribution >= 0.6 is 11.6 Å². The maximum Gasteiger partial charge on any atom is 0.264 e. The van der Waals surface area contributed by atoms with Crippen molar-refractivity contribution < 1.29 is 27.1 Å². The maximum atomic E-state index is 13.9. The molecule has 0 heterocycles. The predicted octanol–water partition coefficient (Wildman–Crippen LogP) is 5.41.